The molecule has 2 aromatic carbocycles. The van der Waals surface area contributed by atoms with Crippen molar-refractivity contribution in [3.63, 3.8) is 0 Å². The second-order valence-electron chi connectivity index (χ2n) is 6.97. The summed E-state index contributed by atoms with van der Waals surface area (Å²) >= 11 is 0. The number of ether oxygens (including phenoxy) is 1. The third-order valence-electron chi connectivity index (χ3n) is 4.58. The van der Waals surface area contributed by atoms with Gasteiger partial charge in [-0.25, -0.2) is 13.2 Å². The lowest BCUT2D eigenvalue weighted by Crippen LogP contribution is -2.59. The van der Waals surface area contributed by atoms with Crippen LogP contribution in [0.1, 0.15) is 24.1 Å². The molecule has 1 fully saturated rings. The molecular weight excluding hydrogens is 364 g/mol. The zero-order valence-corrected chi connectivity index (χ0v) is 16.5. The number of amides is 2. The fourth-order valence-electron chi connectivity index (χ4n) is 2.92. The molecule has 0 aliphatic carbocycles. The van der Waals surface area contributed by atoms with E-state index in [1.807, 2.05) is 38.1 Å². The smallest absolute Gasteiger partial charge is 0.318 e. The molecule has 0 radical (unpaired) electrons. The van der Waals surface area contributed by atoms with E-state index in [2.05, 4.69) is 5.32 Å². The average molecular weight is 388 g/mol. The van der Waals surface area contributed by atoms with Crippen LogP contribution in [-0.2, 0) is 9.84 Å². The molecule has 3 rings (SSSR count). The molecule has 1 N–H and O–H groups in total. The van der Waals surface area contributed by atoms with Crippen LogP contribution in [0.25, 0.3) is 0 Å². The Hall–Kier alpha value is -2.54. The Morgan fingerprint density at radius 2 is 1.85 bits per heavy atom. The molecule has 1 heterocycles. The maximum atomic E-state index is 12.4. The molecule has 1 atom stereocenters. The minimum atomic E-state index is -3.22. The molecule has 1 aliphatic rings. The van der Waals surface area contributed by atoms with Gasteiger partial charge in [0.15, 0.2) is 9.84 Å². The van der Waals surface area contributed by atoms with Crippen LogP contribution in [0.5, 0.6) is 5.75 Å². The van der Waals surface area contributed by atoms with Crippen molar-refractivity contribution in [2.75, 3.05) is 19.3 Å². The predicted octanol–water partition coefficient (Wildman–Crippen LogP) is 2.93. The molecule has 0 bridgehead atoms. The first-order valence-corrected chi connectivity index (χ1v) is 10.7. The van der Waals surface area contributed by atoms with Crippen LogP contribution < -0.4 is 10.1 Å². The van der Waals surface area contributed by atoms with Crippen LogP contribution in [0.15, 0.2) is 53.4 Å². The highest BCUT2D eigenvalue weighted by Crippen LogP contribution is 2.21. The maximum Gasteiger partial charge on any atom is 0.318 e. The topological polar surface area (TPSA) is 75.7 Å². The highest BCUT2D eigenvalue weighted by Gasteiger charge is 2.32. The molecule has 27 heavy (non-hydrogen) atoms. The lowest BCUT2D eigenvalue weighted by Gasteiger charge is -2.39. The number of nitrogens with one attached hydrogen (secondary N) is 1. The Bertz CT molecular complexity index is 919. The molecule has 144 valence electrons. The highest BCUT2D eigenvalue weighted by molar-refractivity contribution is 7.90. The van der Waals surface area contributed by atoms with Crippen molar-refractivity contribution in [3.8, 4) is 5.75 Å². The van der Waals surface area contributed by atoms with Gasteiger partial charge in [-0.15, -0.1) is 0 Å². The number of urea groups is 1. The number of carbonyl (C=O) groups excluding carboxylic acids is 1. The number of likely N-dealkylation sites (tertiary alicyclic amines) is 1. The summed E-state index contributed by atoms with van der Waals surface area (Å²) in [6.45, 7) is 4.96. The van der Waals surface area contributed by atoms with Gasteiger partial charge in [0.05, 0.1) is 24.0 Å². The lowest BCUT2D eigenvalue weighted by atomic mass is 10.1. The summed E-state index contributed by atoms with van der Waals surface area (Å²) in [6.07, 6.45) is 1.17. The van der Waals surface area contributed by atoms with Gasteiger partial charge in [0, 0.05) is 6.26 Å². The minimum Gasteiger partial charge on any atom is -0.487 e. The number of benzene rings is 2. The van der Waals surface area contributed by atoms with E-state index in [0.29, 0.717) is 13.1 Å². The lowest BCUT2D eigenvalue weighted by molar-refractivity contribution is 0.0436. The van der Waals surface area contributed by atoms with Crippen molar-refractivity contribution in [3.05, 3.63) is 59.7 Å². The SMILES string of the molecule is Cc1cccc(OC2CN(C(=O)N[C@H](C)c3ccc(S(C)(=O)=O)cc3)C2)c1. The molecular formula is C20H24N2O4S. The van der Waals surface area contributed by atoms with Crippen LogP contribution in [0.4, 0.5) is 4.79 Å². The third kappa shape index (κ3) is 4.80. The Labute approximate surface area is 160 Å². The van der Waals surface area contributed by atoms with Gasteiger partial charge in [-0.1, -0.05) is 24.3 Å². The van der Waals surface area contributed by atoms with E-state index < -0.39 is 9.84 Å². The van der Waals surface area contributed by atoms with Gasteiger partial charge in [0.25, 0.3) is 0 Å². The van der Waals surface area contributed by atoms with E-state index in [9.17, 15) is 13.2 Å². The monoisotopic (exact) mass is 388 g/mol. The van der Waals surface area contributed by atoms with Crippen molar-refractivity contribution in [1.29, 1.82) is 0 Å². The number of rotatable bonds is 5. The quantitative estimate of drug-likeness (QED) is 0.854. The van der Waals surface area contributed by atoms with Gasteiger partial charge in [-0.2, -0.15) is 0 Å². The first-order chi connectivity index (χ1) is 12.7. The molecule has 2 amide bonds. The maximum absolute atomic E-state index is 12.4. The van der Waals surface area contributed by atoms with E-state index >= 15 is 0 Å². The summed E-state index contributed by atoms with van der Waals surface area (Å²) in [5, 5.41) is 2.93. The summed E-state index contributed by atoms with van der Waals surface area (Å²) < 4.78 is 28.9. The first-order valence-electron chi connectivity index (χ1n) is 8.81. The van der Waals surface area contributed by atoms with Gasteiger partial charge in [0.2, 0.25) is 0 Å². The predicted molar refractivity (Wildman–Crippen MR) is 104 cm³/mol. The molecule has 0 aromatic heterocycles. The number of hydrogen-bond acceptors (Lipinski definition) is 4. The summed E-state index contributed by atoms with van der Waals surface area (Å²) in [7, 11) is -3.22. The number of sulfone groups is 1. The zero-order valence-electron chi connectivity index (χ0n) is 15.7. The average Bonchev–Trinajstić information content (AvgIpc) is 2.57. The Balaban J connectivity index is 1.50. The minimum absolute atomic E-state index is 0.00176. The molecule has 0 spiro atoms. The van der Waals surface area contributed by atoms with Crippen LogP contribution in [-0.4, -0.2) is 44.8 Å². The number of carbonyl (C=O) groups is 1. The largest absolute Gasteiger partial charge is 0.487 e. The molecule has 0 unspecified atom stereocenters. The van der Waals surface area contributed by atoms with Crippen LogP contribution in [0.2, 0.25) is 0 Å². The summed E-state index contributed by atoms with van der Waals surface area (Å²) in [6, 6.07) is 14.0. The molecule has 2 aromatic rings. The van der Waals surface area contributed by atoms with Gasteiger partial charge >= 0.3 is 6.03 Å². The third-order valence-corrected chi connectivity index (χ3v) is 5.70. The van der Waals surface area contributed by atoms with Crippen molar-refractivity contribution in [2.45, 2.75) is 30.9 Å². The second kappa shape index (κ2) is 7.60. The summed E-state index contributed by atoms with van der Waals surface area (Å²) in [5.41, 5.74) is 1.99. The molecule has 7 heteroatoms. The molecule has 0 saturated carbocycles. The van der Waals surface area contributed by atoms with E-state index in [0.717, 1.165) is 16.9 Å². The van der Waals surface area contributed by atoms with Gasteiger partial charge < -0.3 is 15.0 Å². The van der Waals surface area contributed by atoms with Crippen LogP contribution >= 0.6 is 0 Å². The fourth-order valence-corrected chi connectivity index (χ4v) is 3.55. The van der Waals surface area contributed by atoms with Crippen LogP contribution in [0, 0.1) is 6.92 Å². The van der Waals surface area contributed by atoms with Crippen molar-refractivity contribution in [2.24, 2.45) is 0 Å². The second-order valence-corrected chi connectivity index (χ2v) is 8.99. The van der Waals surface area contributed by atoms with Crippen molar-refractivity contribution in [1.82, 2.24) is 10.2 Å². The molecule has 1 saturated heterocycles. The molecule has 1 aliphatic heterocycles. The van der Waals surface area contributed by atoms with Crippen molar-refractivity contribution >= 4 is 15.9 Å². The fraction of sp³-hybridized carbons (Fsp3) is 0.350. The highest BCUT2D eigenvalue weighted by atomic mass is 32.2. The Morgan fingerprint density at radius 3 is 2.44 bits per heavy atom. The van der Waals surface area contributed by atoms with E-state index in [-0.39, 0.29) is 23.1 Å². The van der Waals surface area contributed by atoms with Crippen LogP contribution in [0.3, 0.4) is 0 Å². The van der Waals surface area contributed by atoms with E-state index in [1.54, 1.807) is 29.2 Å². The summed E-state index contributed by atoms with van der Waals surface area (Å²) in [4.78, 5) is 14.3. The standard InChI is InChI=1S/C20H24N2O4S/c1-14-5-4-6-17(11-14)26-18-12-22(13-18)20(23)21-15(2)16-7-9-19(10-8-16)27(3,24)25/h4-11,15,18H,12-13H2,1-3H3,(H,21,23)/t15-/m1/s1. The summed E-state index contributed by atoms with van der Waals surface area (Å²) in [5.74, 6) is 0.819. The number of nitrogens with zero attached hydrogens (tertiary/aromatic N) is 1. The Kier molecular flexibility index (Phi) is 5.41. The van der Waals surface area contributed by atoms with E-state index in [1.165, 1.54) is 6.26 Å². The van der Waals surface area contributed by atoms with E-state index in [4.69, 9.17) is 4.74 Å². The molecule has 6 nitrogen and oxygen atoms in total. The normalized spacial score (nSPS) is 15.7. The van der Waals surface area contributed by atoms with Gasteiger partial charge in [0.1, 0.15) is 11.9 Å². The first kappa shape index (κ1) is 19.2. The van der Waals surface area contributed by atoms with Crippen molar-refractivity contribution < 1.29 is 17.9 Å². The number of hydrogen-bond donors (Lipinski definition) is 1. The Morgan fingerprint density at radius 1 is 1.19 bits per heavy atom. The van der Waals surface area contributed by atoms with Gasteiger partial charge in [-0.05, 0) is 49.2 Å². The number of aryl methyl sites for hydroxylation is 1. The van der Waals surface area contributed by atoms with Gasteiger partial charge in [-0.3, -0.25) is 0 Å². The zero-order chi connectivity index (χ0) is 19.6.